The van der Waals surface area contributed by atoms with Gasteiger partial charge in [-0.15, -0.1) is 0 Å². The number of carboxylic acid groups (broad SMARTS) is 1. The smallest absolute Gasteiger partial charge is 0.334 e. The Morgan fingerprint density at radius 1 is 1.72 bits per heavy atom. The molecule has 7 heteroatoms. The number of halogens is 2. The number of nitrogens with one attached hydrogen (secondary N) is 1. The summed E-state index contributed by atoms with van der Waals surface area (Å²) in [7, 11) is 1.26. The molecule has 0 aliphatic rings. The number of rotatable bonds is 5. The van der Waals surface area contributed by atoms with Crippen LogP contribution in [0.2, 0.25) is 0 Å². The monoisotopic (exact) mass is 316 g/mol. The first-order valence-corrected chi connectivity index (χ1v) is 5.68. The SMILES string of the molecule is COC(CNc1ccc(C#N)c(Br)c1F)C(=O)O. The molecule has 0 saturated carbocycles. The Bertz CT molecular complexity index is 502. The summed E-state index contributed by atoms with van der Waals surface area (Å²) in [5, 5.41) is 20.1. The predicted octanol–water partition coefficient (Wildman–Crippen LogP) is 1.97. The van der Waals surface area contributed by atoms with Gasteiger partial charge in [-0.2, -0.15) is 5.26 Å². The van der Waals surface area contributed by atoms with Crippen LogP contribution in [0.5, 0.6) is 0 Å². The molecule has 0 spiro atoms. The molecular formula is C11H10BrFN2O3. The summed E-state index contributed by atoms with van der Waals surface area (Å²) >= 11 is 2.96. The summed E-state index contributed by atoms with van der Waals surface area (Å²) in [4.78, 5) is 10.7. The highest BCUT2D eigenvalue weighted by atomic mass is 79.9. The second-order valence-corrected chi connectivity index (χ2v) is 4.14. The van der Waals surface area contributed by atoms with Gasteiger partial charge in [0.15, 0.2) is 11.9 Å². The van der Waals surface area contributed by atoms with Crippen molar-refractivity contribution in [1.29, 1.82) is 5.26 Å². The molecule has 0 radical (unpaired) electrons. The van der Waals surface area contributed by atoms with Gasteiger partial charge in [0.1, 0.15) is 6.07 Å². The zero-order valence-electron chi connectivity index (χ0n) is 9.41. The molecule has 0 heterocycles. The molecule has 1 aromatic rings. The lowest BCUT2D eigenvalue weighted by Gasteiger charge is -2.13. The van der Waals surface area contributed by atoms with Crippen LogP contribution < -0.4 is 5.32 Å². The Kier molecular flexibility index (Phi) is 5.07. The van der Waals surface area contributed by atoms with E-state index in [9.17, 15) is 9.18 Å². The molecule has 18 heavy (non-hydrogen) atoms. The molecule has 0 aliphatic heterocycles. The van der Waals surface area contributed by atoms with Gasteiger partial charge in [-0.3, -0.25) is 0 Å². The van der Waals surface area contributed by atoms with Crippen LogP contribution in [0.15, 0.2) is 16.6 Å². The van der Waals surface area contributed by atoms with E-state index in [0.29, 0.717) is 0 Å². The van der Waals surface area contributed by atoms with Crippen LogP contribution in [0.1, 0.15) is 5.56 Å². The number of anilines is 1. The Labute approximate surface area is 111 Å². The van der Waals surface area contributed by atoms with Crippen molar-refractivity contribution in [1.82, 2.24) is 0 Å². The minimum Gasteiger partial charge on any atom is -0.479 e. The Hall–Kier alpha value is -1.65. The van der Waals surface area contributed by atoms with Crippen LogP contribution in [-0.2, 0) is 9.53 Å². The minimum atomic E-state index is -1.14. The van der Waals surface area contributed by atoms with Crippen LogP contribution in [0.25, 0.3) is 0 Å². The molecule has 0 amide bonds. The first-order chi connectivity index (χ1) is 8.51. The molecule has 0 aliphatic carbocycles. The number of carbonyl (C=O) groups is 1. The number of hydrogen-bond donors (Lipinski definition) is 2. The topological polar surface area (TPSA) is 82.3 Å². The maximum Gasteiger partial charge on any atom is 0.334 e. The summed E-state index contributed by atoms with van der Waals surface area (Å²) in [6.45, 7) is -0.0822. The zero-order valence-corrected chi connectivity index (χ0v) is 11.0. The first kappa shape index (κ1) is 14.4. The molecule has 2 N–H and O–H groups in total. The van der Waals surface area contributed by atoms with Gasteiger partial charge in [-0.25, -0.2) is 9.18 Å². The lowest BCUT2D eigenvalue weighted by molar-refractivity contribution is -0.147. The van der Waals surface area contributed by atoms with E-state index in [-0.39, 0.29) is 22.3 Å². The highest BCUT2D eigenvalue weighted by Crippen LogP contribution is 2.26. The van der Waals surface area contributed by atoms with Crippen molar-refractivity contribution in [3.8, 4) is 6.07 Å². The van der Waals surface area contributed by atoms with Crippen LogP contribution >= 0.6 is 15.9 Å². The molecule has 1 aromatic carbocycles. The van der Waals surface area contributed by atoms with E-state index in [1.165, 1.54) is 19.2 Å². The van der Waals surface area contributed by atoms with Crippen LogP contribution in [0.4, 0.5) is 10.1 Å². The third-order valence-electron chi connectivity index (χ3n) is 2.24. The van der Waals surface area contributed by atoms with Crippen molar-refractivity contribution in [3.05, 3.63) is 28.0 Å². The van der Waals surface area contributed by atoms with Gasteiger partial charge in [0.25, 0.3) is 0 Å². The maximum absolute atomic E-state index is 13.8. The van der Waals surface area contributed by atoms with Gasteiger partial charge >= 0.3 is 5.97 Å². The average Bonchev–Trinajstić information content (AvgIpc) is 2.34. The molecule has 1 atom stereocenters. The normalized spacial score (nSPS) is 11.7. The average molecular weight is 317 g/mol. The van der Waals surface area contributed by atoms with Crippen molar-refractivity contribution in [3.63, 3.8) is 0 Å². The summed E-state index contributed by atoms with van der Waals surface area (Å²) in [5.74, 6) is -1.78. The van der Waals surface area contributed by atoms with Gasteiger partial charge in [-0.1, -0.05) is 0 Å². The number of hydrogen-bond acceptors (Lipinski definition) is 4. The Morgan fingerprint density at radius 3 is 2.89 bits per heavy atom. The fourth-order valence-corrected chi connectivity index (χ4v) is 1.68. The molecule has 0 bridgehead atoms. The summed E-state index contributed by atoms with van der Waals surface area (Å²) < 4.78 is 18.5. The maximum atomic E-state index is 13.8. The number of carboxylic acids is 1. The Morgan fingerprint density at radius 2 is 2.39 bits per heavy atom. The summed E-state index contributed by atoms with van der Waals surface area (Å²) in [6, 6.07) is 4.62. The quantitative estimate of drug-likeness (QED) is 0.867. The zero-order chi connectivity index (χ0) is 13.7. The number of aliphatic carboxylic acids is 1. The molecule has 0 fully saturated rings. The van der Waals surface area contributed by atoms with Crippen molar-refractivity contribution < 1.29 is 19.0 Å². The van der Waals surface area contributed by atoms with E-state index in [0.717, 1.165) is 0 Å². The third kappa shape index (κ3) is 3.18. The number of nitrogens with zero attached hydrogens (tertiary/aromatic N) is 1. The largest absolute Gasteiger partial charge is 0.479 e. The fraction of sp³-hybridized carbons (Fsp3) is 0.273. The summed E-state index contributed by atoms with van der Waals surface area (Å²) in [5.41, 5.74) is 0.267. The van der Waals surface area contributed by atoms with Crippen molar-refractivity contribution in [2.24, 2.45) is 0 Å². The third-order valence-corrected chi connectivity index (χ3v) is 3.02. The van der Waals surface area contributed by atoms with Crippen LogP contribution in [0, 0.1) is 17.1 Å². The fourth-order valence-electron chi connectivity index (χ4n) is 1.25. The number of methoxy groups -OCH3 is 1. The minimum absolute atomic E-state index is 0.0410. The van der Waals surface area contributed by atoms with E-state index in [1.54, 1.807) is 0 Å². The van der Waals surface area contributed by atoms with Crippen molar-refractivity contribution in [2.45, 2.75) is 6.10 Å². The van der Waals surface area contributed by atoms with Crippen LogP contribution in [-0.4, -0.2) is 30.8 Å². The van der Waals surface area contributed by atoms with E-state index in [4.69, 9.17) is 15.1 Å². The molecule has 0 saturated heterocycles. The lowest BCUT2D eigenvalue weighted by atomic mass is 10.2. The first-order valence-electron chi connectivity index (χ1n) is 4.88. The van der Waals surface area contributed by atoms with E-state index >= 15 is 0 Å². The number of benzene rings is 1. The van der Waals surface area contributed by atoms with Crippen molar-refractivity contribution >= 4 is 27.6 Å². The van der Waals surface area contributed by atoms with Crippen molar-refractivity contribution in [2.75, 3.05) is 19.0 Å². The molecule has 0 aromatic heterocycles. The number of nitriles is 1. The Balaban J connectivity index is 2.84. The molecular weight excluding hydrogens is 307 g/mol. The van der Waals surface area contributed by atoms with Gasteiger partial charge in [0.2, 0.25) is 0 Å². The standard InChI is InChI=1S/C11H10BrFN2O3/c1-18-8(11(16)17)5-15-7-3-2-6(4-14)9(12)10(7)13/h2-3,8,15H,5H2,1H3,(H,16,17). The molecule has 96 valence electrons. The second-order valence-electron chi connectivity index (χ2n) is 3.34. The number of ether oxygens (including phenoxy) is 1. The molecule has 5 nitrogen and oxygen atoms in total. The molecule has 1 unspecified atom stereocenters. The van der Waals surface area contributed by atoms with E-state index < -0.39 is 17.9 Å². The van der Waals surface area contributed by atoms with Gasteiger partial charge < -0.3 is 15.2 Å². The van der Waals surface area contributed by atoms with Gasteiger partial charge in [0.05, 0.1) is 22.3 Å². The highest BCUT2D eigenvalue weighted by molar-refractivity contribution is 9.10. The lowest BCUT2D eigenvalue weighted by Crippen LogP contribution is -2.30. The molecule has 1 rings (SSSR count). The highest BCUT2D eigenvalue weighted by Gasteiger charge is 2.17. The van der Waals surface area contributed by atoms with E-state index in [1.807, 2.05) is 6.07 Å². The van der Waals surface area contributed by atoms with Gasteiger partial charge in [-0.05, 0) is 28.1 Å². The van der Waals surface area contributed by atoms with E-state index in [2.05, 4.69) is 21.2 Å². The van der Waals surface area contributed by atoms with Crippen LogP contribution in [0.3, 0.4) is 0 Å². The van der Waals surface area contributed by atoms with Gasteiger partial charge in [0, 0.05) is 7.11 Å². The second kappa shape index (κ2) is 6.33. The summed E-state index contributed by atoms with van der Waals surface area (Å²) in [6.07, 6.45) is -1.07. The predicted molar refractivity (Wildman–Crippen MR) is 65.7 cm³/mol.